The summed E-state index contributed by atoms with van der Waals surface area (Å²) < 4.78 is 0. The molecule has 0 aromatic heterocycles. The molecular weight excluding hydrogens is 528 g/mol. The van der Waals surface area contributed by atoms with Gasteiger partial charge in [-0.1, -0.05) is 36.5 Å². The van der Waals surface area contributed by atoms with Crippen LogP contribution < -0.4 is 0 Å². The Balaban J connectivity index is -0.000000410. The van der Waals surface area contributed by atoms with E-state index >= 15 is 0 Å². The minimum absolute atomic E-state index is 0.106. The Morgan fingerprint density at radius 1 is 0.586 bits per heavy atom. The first kappa shape index (κ1) is 34.7. The Kier molecular flexibility index (Phi) is 30.3. The van der Waals surface area contributed by atoms with Gasteiger partial charge in [0.1, 0.15) is 0 Å². The van der Waals surface area contributed by atoms with Gasteiger partial charge in [-0.05, 0) is 81.4 Å². The molecule has 0 unspecified atom stereocenters. The normalized spacial score (nSPS) is 12.6. The molecule has 0 aliphatic heterocycles. The van der Waals surface area contributed by atoms with Crippen LogP contribution >= 0.6 is 34.9 Å². The van der Waals surface area contributed by atoms with Gasteiger partial charge in [-0.15, -0.1) is 0 Å². The van der Waals surface area contributed by atoms with E-state index in [4.69, 9.17) is 19.1 Å². The summed E-state index contributed by atoms with van der Waals surface area (Å²) in [7, 11) is 9.27. The summed E-state index contributed by atoms with van der Waals surface area (Å²) in [4.78, 5) is 0. The van der Waals surface area contributed by atoms with E-state index < -0.39 is 0 Å². The SMILES string of the molecule is CC=CC=CC[PH+](C(C)C)C(C)C.CC=CC=CC[PH+](C(C)C)C(C)C.[Cl][Pd][Cl]. The summed E-state index contributed by atoms with van der Waals surface area (Å²) >= 11 is -0.106. The number of hydrogen-bond acceptors (Lipinski definition) is 0. The van der Waals surface area contributed by atoms with Gasteiger partial charge in [0, 0.05) is 15.8 Å². The minimum atomic E-state index is -0.180. The van der Waals surface area contributed by atoms with Gasteiger partial charge in [0.15, 0.2) is 0 Å². The van der Waals surface area contributed by atoms with Crippen LogP contribution in [0.5, 0.6) is 0 Å². The summed E-state index contributed by atoms with van der Waals surface area (Å²) in [6, 6.07) is 0. The van der Waals surface area contributed by atoms with Crippen molar-refractivity contribution in [1.29, 1.82) is 0 Å². The fourth-order valence-corrected chi connectivity index (χ4v) is 8.43. The zero-order valence-electron chi connectivity index (χ0n) is 20.4. The van der Waals surface area contributed by atoms with Crippen LogP contribution in [0.4, 0.5) is 0 Å². The third-order valence-electron chi connectivity index (χ3n) is 4.55. The Morgan fingerprint density at radius 2 is 0.828 bits per heavy atom. The van der Waals surface area contributed by atoms with Crippen molar-refractivity contribution in [1.82, 2.24) is 0 Å². The van der Waals surface area contributed by atoms with Crippen LogP contribution in [0.15, 0.2) is 48.6 Å². The van der Waals surface area contributed by atoms with Gasteiger partial charge in [-0.25, -0.2) is 0 Å². The maximum absolute atomic E-state index is 4.81. The zero-order valence-corrected chi connectivity index (χ0v) is 25.5. The molecule has 0 saturated heterocycles. The molecule has 0 aliphatic carbocycles. The molecule has 0 atom stereocenters. The Morgan fingerprint density at radius 3 is 1.00 bits per heavy atom. The van der Waals surface area contributed by atoms with E-state index in [0.717, 1.165) is 22.6 Å². The van der Waals surface area contributed by atoms with E-state index in [1.54, 1.807) is 0 Å². The van der Waals surface area contributed by atoms with E-state index in [1.807, 2.05) is 0 Å². The predicted molar refractivity (Wildman–Crippen MR) is 147 cm³/mol. The average Bonchev–Trinajstić information content (AvgIpc) is 2.61. The van der Waals surface area contributed by atoms with Gasteiger partial charge in [0.2, 0.25) is 0 Å². The summed E-state index contributed by atoms with van der Waals surface area (Å²) in [5.41, 5.74) is 3.56. The monoisotopic (exact) mass is 574 g/mol. The number of allylic oxidation sites excluding steroid dienone is 8. The van der Waals surface area contributed by atoms with E-state index in [0.29, 0.717) is 0 Å². The molecular formula is C24H48Cl2P2Pd+2. The molecule has 0 amide bonds. The van der Waals surface area contributed by atoms with Crippen molar-refractivity contribution in [2.24, 2.45) is 0 Å². The summed E-state index contributed by atoms with van der Waals surface area (Å²) in [6.45, 7) is 23.0. The zero-order chi connectivity index (χ0) is 23.2. The van der Waals surface area contributed by atoms with E-state index in [2.05, 4.69) is 118 Å². The first-order chi connectivity index (χ1) is 13.6. The standard InChI is InChI=1S/2C12H23P.2ClH.Pd/c2*1-6-7-8-9-10-13(11(2)3)12(4)5;;;/h2*6-9,11-12H,10H2,1-5H3;2*1H;/q;;;;+2. The van der Waals surface area contributed by atoms with Crippen LogP contribution in [-0.4, -0.2) is 35.0 Å². The first-order valence-electron chi connectivity index (χ1n) is 10.7. The van der Waals surface area contributed by atoms with E-state index in [9.17, 15) is 0 Å². The van der Waals surface area contributed by atoms with Crippen LogP contribution in [0.2, 0.25) is 0 Å². The number of rotatable bonds is 10. The molecule has 29 heavy (non-hydrogen) atoms. The predicted octanol–water partition coefficient (Wildman–Crippen LogP) is 9.68. The molecule has 5 heteroatoms. The van der Waals surface area contributed by atoms with Crippen molar-refractivity contribution >= 4 is 34.9 Å². The van der Waals surface area contributed by atoms with Crippen molar-refractivity contribution in [3.63, 3.8) is 0 Å². The Labute approximate surface area is 202 Å². The molecule has 0 spiro atoms. The molecule has 0 aromatic rings. The van der Waals surface area contributed by atoms with Crippen molar-refractivity contribution in [3.05, 3.63) is 48.6 Å². The average molecular weight is 576 g/mol. The fraction of sp³-hybridized carbons (Fsp3) is 0.667. The van der Waals surface area contributed by atoms with Crippen molar-refractivity contribution in [2.75, 3.05) is 12.3 Å². The molecule has 0 aliphatic rings. The maximum atomic E-state index is 4.81. The van der Waals surface area contributed by atoms with Gasteiger partial charge in [-0.2, -0.15) is 0 Å². The molecule has 0 nitrogen and oxygen atoms in total. The molecule has 0 rings (SSSR count). The van der Waals surface area contributed by atoms with Gasteiger partial charge in [0.25, 0.3) is 0 Å². The van der Waals surface area contributed by atoms with Crippen LogP contribution in [0.1, 0.15) is 69.2 Å². The van der Waals surface area contributed by atoms with Crippen LogP contribution in [0.25, 0.3) is 0 Å². The Bertz CT molecular complexity index is 386. The van der Waals surface area contributed by atoms with Gasteiger partial charge in [-0.3, -0.25) is 0 Å². The molecule has 0 radical (unpaired) electrons. The van der Waals surface area contributed by atoms with Gasteiger partial charge >= 0.3 is 35.0 Å². The second-order valence-electron chi connectivity index (χ2n) is 8.13. The second-order valence-corrected chi connectivity index (χ2v) is 18.2. The van der Waals surface area contributed by atoms with Gasteiger partial charge in [0.05, 0.1) is 35.0 Å². The Hall–Kier alpha value is 1.06. The van der Waals surface area contributed by atoms with E-state index in [-0.39, 0.29) is 31.8 Å². The third-order valence-corrected chi connectivity index (χ3v) is 11.9. The molecule has 0 aromatic carbocycles. The molecule has 0 bridgehead atoms. The van der Waals surface area contributed by atoms with Crippen LogP contribution in [-0.2, 0) is 15.9 Å². The van der Waals surface area contributed by atoms with Crippen LogP contribution in [0, 0.1) is 0 Å². The summed E-state index contributed by atoms with van der Waals surface area (Å²) in [6.07, 6.45) is 20.0. The van der Waals surface area contributed by atoms with Crippen molar-refractivity contribution < 1.29 is 15.9 Å². The fourth-order valence-electron chi connectivity index (χ4n) is 3.06. The topological polar surface area (TPSA) is 0 Å². The number of hydrogen-bond donors (Lipinski definition) is 0. The summed E-state index contributed by atoms with van der Waals surface area (Å²) in [5.74, 6) is 0. The van der Waals surface area contributed by atoms with Crippen LogP contribution in [0.3, 0.4) is 0 Å². The van der Waals surface area contributed by atoms with E-state index in [1.165, 1.54) is 12.3 Å². The first-order valence-corrected chi connectivity index (χ1v) is 18.4. The molecule has 176 valence electrons. The van der Waals surface area contributed by atoms with Gasteiger partial charge < -0.3 is 0 Å². The third kappa shape index (κ3) is 25.2. The molecule has 0 fully saturated rings. The molecule has 0 saturated carbocycles. The summed E-state index contributed by atoms with van der Waals surface area (Å²) in [5, 5.41) is 0. The quantitative estimate of drug-likeness (QED) is 0.138. The second kappa shape index (κ2) is 25.3. The molecule has 0 heterocycles. The van der Waals surface area contributed by atoms with Crippen molar-refractivity contribution in [2.45, 2.75) is 91.9 Å². The number of halogens is 2. The van der Waals surface area contributed by atoms with Crippen molar-refractivity contribution in [3.8, 4) is 0 Å². The molecule has 0 N–H and O–H groups in total.